The number of amides is 1. The highest BCUT2D eigenvalue weighted by Gasteiger charge is 2.20. The summed E-state index contributed by atoms with van der Waals surface area (Å²) in [5, 5.41) is 11.5. The molecule has 1 aromatic carbocycles. The first kappa shape index (κ1) is 14.7. The van der Waals surface area contributed by atoms with Gasteiger partial charge in [-0.15, -0.1) is 6.58 Å². The molecule has 2 N–H and O–H groups in total. The van der Waals surface area contributed by atoms with Gasteiger partial charge >= 0.3 is 5.97 Å². The molecule has 0 bridgehead atoms. The largest absolute Gasteiger partial charge is 0.480 e. The first-order valence-electron chi connectivity index (χ1n) is 5.05. The highest BCUT2D eigenvalue weighted by atomic mass is 79.9. The van der Waals surface area contributed by atoms with Crippen molar-refractivity contribution in [2.24, 2.45) is 0 Å². The van der Waals surface area contributed by atoms with E-state index in [9.17, 15) is 9.59 Å². The first-order valence-corrected chi connectivity index (χ1v) is 6.22. The van der Waals surface area contributed by atoms with E-state index < -0.39 is 17.9 Å². The third-order valence-corrected chi connectivity index (χ3v) is 2.99. The molecular weight excluding hydrogens is 321 g/mol. The number of aliphatic carboxylic acids is 1. The van der Waals surface area contributed by atoms with Crippen LogP contribution in [0.2, 0.25) is 5.02 Å². The molecule has 0 radical (unpaired) electrons. The summed E-state index contributed by atoms with van der Waals surface area (Å²) >= 11 is 9.13. The predicted octanol–water partition coefficient (Wildman–Crippen LogP) is 2.86. The van der Waals surface area contributed by atoms with Crippen molar-refractivity contribution < 1.29 is 14.7 Å². The van der Waals surface area contributed by atoms with Crippen molar-refractivity contribution in [1.29, 1.82) is 0 Å². The second-order valence-corrected chi connectivity index (χ2v) is 4.84. The fourth-order valence-electron chi connectivity index (χ4n) is 1.30. The van der Waals surface area contributed by atoms with E-state index in [2.05, 4.69) is 27.8 Å². The summed E-state index contributed by atoms with van der Waals surface area (Å²) < 4.78 is 0.741. The molecule has 1 aromatic rings. The molecule has 1 unspecified atom stereocenters. The van der Waals surface area contributed by atoms with Crippen LogP contribution in [0, 0.1) is 0 Å². The maximum Gasteiger partial charge on any atom is 0.326 e. The summed E-state index contributed by atoms with van der Waals surface area (Å²) in [6.07, 6.45) is 1.58. The van der Waals surface area contributed by atoms with Gasteiger partial charge in [0.05, 0.1) is 10.6 Å². The van der Waals surface area contributed by atoms with Crippen LogP contribution < -0.4 is 5.32 Å². The molecule has 0 aliphatic heterocycles. The average Bonchev–Trinajstić information content (AvgIpc) is 2.27. The fraction of sp³-hybridized carbons (Fsp3) is 0.167. The van der Waals surface area contributed by atoms with Crippen LogP contribution in [0.3, 0.4) is 0 Å². The van der Waals surface area contributed by atoms with Gasteiger partial charge in [0.2, 0.25) is 0 Å². The van der Waals surface area contributed by atoms with Crippen molar-refractivity contribution in [3.63, 3.8) is 0 Å². The van der Waals surface area contributed by atoms with Crippen molar-refractivity contribution in [2.45, 2.75) is 12.5 Å². The zero-order chi connectivity index (χ0) is 13.7. The normalized spacial score (nSPS) is 11.7. The minimum absolute atomic E-state index is 0.148. The van der Waals surface area contributed by atoms with E-state index in [-0.39, 0.29) is 17.0 Å². The van der Waals surface area contributed by atoms with Gasteiger partial charge in [0.1, 0.15) is 6.04 Å². The first-order chi connectivity index (χ1) is 8.45. The third-order valence-electron chi connectivity index (χ3n) is 2.18. The lowest BCUT2D eigenvalue weighted by molar-refractivity contribution is -0.139. The second-order valence-electron chi connectivity index (χ2n) is 3.51. The van der Waals surface area contributed by atoms with Crippen LogP contribution in [-0.2, 0) is 4.79 Å². The minimum atomic E-state index is -1.11. The van der Waals surface area contributed by atoms with Gasteiger partial charge in [0.25, 0.3) is 5.91 Å². The van der Waals surface area contributed by atoms with Gasteiger partial charge in [-0.3, -0.25) is 4.79 Å². The Morgan fingerprint density at radius 2 is 2.22 bits per heavy atom. The maximum atomic E-state index is 11.9. The SMILES string of the molecule is C=CCC(NC(=O)c1ccc(Br)cc1Cl)C(=O)O. The van der Waals surface area contributed by atoms with Crippen LogP contribution in [0.1, 0.15) is 16.8 Å². The zero-order valence-corrected chi connectivity index (χ0v) is 11.7. The Morgan fingerprint density at radius 1 is 1.56 bits per heavy atom. The van der Waals surface area contributed by atoms with Gasteiger partial charge < -0.3 is 10.4 Å². The molecule has 1 amide bonds. The number of halogens is 2. The highest BCUT2D eigenvalue weighted by molar-refractivity contribution is 9.10. The lowest BCUT2D eigenvalue weighted by Crippen LogP contribution is -2.40. The number of hydrogen-bond acceptors (Lipinski definition) is 2. The number of carbonyl (C=O) groups is 2. The monoisotopic (exact) mass is 331 g/mol. The molecular formula is C12H11BrClNO3. The Kier molecular flexibility index (Phi) is 5.37. The van der Waals surface area contributed by atoms with Crippen molar-refractivity contribution in [3.05, 3.63) is 45.9 Å². The van der Waals surface area contributed by atoms with E-state index in [4.69, 9.17) is 16.7 Å². The van der Waals surface area contributed by atoms with E-state index in [0.717, 1.165) is 4.47 Å². The average molecular weight is 333 g/mol. The number of carbonyl (C=O) groups excluding carboxylic acids is 1. The molecule has 1 atom stereocenters. The molecule has 18 heavy (non-hydrogen) atoms. The van der Waals surface area contributed by atoms with Crippen molar-refractivity contribution in [3.8, 4) is 0 Å². The summed E-state index contributed by atoms with van der Waals surface area (Å²) in [6.45, 7) is 3.45. The van der Waals surface area contributed by atoms with Crippen molar-refractivity contribution in [2.75, 3.05) is 0 Å². The molecule has 0 aromatic heterocycles. The summed E-state index contributed by atoms with van der Waals surface area (Å²) in [6, 6.07) is 3.74. The molecule has 6 heteroatoms. The molecule has 4 nitrogen and oxygen atoms in total. The van der Waals surface area contributed by atoms with Gasteiger partial charge in [-0.1, -0.05) is 33.6 Å². The van der Waals surface area contributed by atoms with Crippen molar-refractivity contribution >= 4 is 39.4 Å². The Morgan fingerprint density at radius 3 is 2.72 bits per heavy atom. The van der Waals surface area contributed by atoms with E-state index >= 15 is 0 Å². The van der Waals surface area contributed by atoms with Gasteiger partial charge in [-0.2, -0.15) is 0 Å². The number of carboxylic acids is 1. The van der Waals surface area contributed by atoms with Crippen LogP contribution in [0.5, 0.6) is 0 Å². The topological polar surface area (TPSA) is 66.4 Å². The van der Waals surface area contributed by atoms with Gasteiger partial charge in [-0.25, -0.2) is 4.79 Å². The molecule has 0 fully saturated rings. The standard InChI is InChI=1S/C12H11BrClNO3/c1-2-3-10(12(17)18)15-11(16)8-5-4-7(13)6-9(8)14/h2,4-6,10H,1,3H2,(H,15,16)(H,17,18). The van der Waals surface area contributed by atoms with Crippen LogP contribution >= 0.6 is 27.5 Å². The number of benzene rings is 1. The van der Waals surface area contributed by atoms with Crippen LogP contribution in [0.25, 0.3) is 0 Å². The van der Waals surface area contributed by atoms with E-state index in [0.29, 0.717) is 0 Å². The second kappa shape index (κ2) is 6.56. The third kappa shape index (κ3) is 3.85. The lowest BCUT2D eigenvalue weighted by Gasteiger charge is -2.13. The molecule has 0 saturated carbocycles. The Labute approximate surface area is 118 Å². The number of rotatable bonds is 5. The molecule has 1 rings (SSSR count). The summed E-state index contributed by atoms with van der Waals surface area (Å²) in [7, 11) is 0. The van der Waals surface area contributed by atoms with Gasteiger partial charge in [0.15, 0.2) is 0 Å². The minimum Gasteiger partial charge on any atom is -0.480 e. The Hall–Kier alpha value is -1.33. The molecule has 0 aliphatic carbocycles. The smallest absolute Gasteiger partial charge is 0.326 e. The van der Waals surface area contributed by atoms with Gasteiger partial charge in [-0.05, 0) is 24.6 Å². The van der Waals surface area contributed by atoms with Crippen molar-refractivity contribution in [1.82, 2.24) is 5.32 Å². The summed E-state index contributed by atoms with van der Waals surface area (Å²) in [5.41, 5.74) is 0.232. The zero-order valence-electron chi connectivity index (χ0n) is 9.32. The molecule has 0 spiro atoms. The summed E-state index contributed by atoms with van der Waals surface area (Å²) in [5.74, 6) is -1.64. The highest BCUT2D eigenvalue weighted by Crippen LogP contribution is 2.21. The number of hydrogen-bond donors (Lipinski definition) is 2. The molecule has 0 saturated heterocycles. The van der Waals surface area contributed by atoms with Crippen LogP contribution in [0.4, 0.5) is 0 Å². The molecule has 0 aliphatic rings. The van der Waals surface area contributed by atoms with Gasteiger partial charge in [0, 0.05) is 4.47 Å². The fourth-order valence-corrected chi connectivity index (χ4v) is 2.06. The lowest BCUT2D eigenvalue weighted by atomic mass is 10.1. The van der Waals surface area contributed by atoms with E-state index in [1.807, 2.05) is 0 Å². The van der Waals surface area contributed by atoms with E-state index in [1.54, 1.807) is 12.1 Å². The van der Waals surface area contributed by atoms with Crippen LogP contribution in [-0.4, -0.2) is 23.0 Å². The molecule has 0 heterocycles. The maximum absolute atomic E-state index is 11.9. The van der Waals surface area contributed by atoms with E-state index in [1.165, 1.54) is 12.1 Å². The molecule has 96 valence electrons. The van der Waals surface area contributed by atoms with Crippen LogP contribution in [0.15, 0.2) is 35.3 Å². The summed E-state index contributed by atoms with van der Waals surface area (Å²) in [4.78, 5) is 22.8. The predicted molar refractivity (Wildman–Crippen MR) is 72.9 cm³/mol. The number of nitrogens with one attached hydrogen (secondary N) is 1. The quantitative estimate of drug-likeness (QED) is 0.815. The Balaban J connectivity index is 2.86. The Bertz CT molecular complexity index is 490. The number of carboxylic acid groups (broad SMARTS) is 1.